The Morgan fingerprint density at radius 2 is 2.06 bits per heavy atom. The van der Waals surface area contributed by atoms with Gasteiger partial charge in [-0.1, -0.05) is 0 Å². The van der Waals surface area contributed by atoms with Gasteiger partial charge in [0.05, 0.1) is 5.69 Å². The molecule has 3 nitrogen and oxygen atoms in total. The number of anilines is 1. The van der Waals surface area contributed by atoms with Gasteiger partial charge in [-0.05, 0) is 18.2 Å². The number of halogens is 3. The summed E-state index contributed by atoms with van der Waals surface area (Å²) in [4.78, 5) is 0.367. The zero-order chi connectivity index (χ0) is 12.3. The number of hydrogen-bond donors (Lipinski definition) is 1. The quantitative estimate of drug-likeness (QED) is 0.838. The molecule has 1 atom stereocenters. The number of nitrogen functional groups attached to an aromatic ring is 1. The summed E-state index contributed by atoms with van der Waals surface area (Å²) < 4.78 is 51.3. The molecule has 0 fully saturated rings. The van der Waals surface area contributed by atoms with Gasteiger partial charge in [-0.3, -0.25) is 4.21 Å². The van der Waals surface area contributed by atoms with E-state index in [1.165, 1.54) is 24.5 Å². The standard InChI is InChI=1S/C9H10F3NO2S/c1-16(14)6-2-3-7(13)8(4-6)15-5-9(10,11)12/h2-4H,5,13H2,1H3. The van der Waals surface area contributed by atoms with E-state index in [0.717, 1.165) is 0 Å². The van der Waals surface area contributed by atoms with Gasteiger partial charge >= 0.3 is 6.18 Å². The summed E-state index contributed by atoms with van der Waals surface area (Å²) in [6.07, 6.45) is -3.01. The first-order valence-corrected chi connectivity index (χ1v) is 5.78. The summed E-state index contributed by atoms with van der Waals surface area (Å²) in [5.41, 5.74) is 5.51. The van der Waals surface area contributed by atoms with E-state index in [9.17, 15) is 17.4 Å². The average Bonchev–Trinajstić information content (AvgIpc) is 2.14. The fourth-order valence-corrected chi connectivity index (χ4v) is 1.51. The summed E-state index contributed by atoms with van der Waals surface area (Å²) in [5, 5.41) is 0. The lowest BCUT2D eigenvalue weighted by molar-refractivity contribution is -0.153. The van der Waals surface area contributed by atoms with Crippen LogP contribution >= 0.6 is 0 Å². The molecule has 0 heterocycles. The topological polar surface area (TPSA) is 52.3 Å². The van der Waals surface area contributed by atoms with E-state index in [4.69, 9.17) is 5.73 Å². The minimum absolute atomic E-state index is 0.0819. The maximum atomic E-state index is 11.9. The van der Waals surface area contributed by atoms with Crippen molar-refractivity contribution in [2.24, 2.45) is 0 Å². The Labute approximate surface area is 92.9 Å². The van der Waals surface area contributed by atoms with Crippen molar-refractivity contribution in [2.45, 2.75) is 11.1 Å². The molecule has 0 saturated carbocycles. The van der Waals surface area contributed by atoms with E-state index >= 15 is 0 Å². The minimum atomic E-state index is -4.42. The van der Waals surface area contributed by atoms with Crippen molar-refractivity contribution >= 4 is 16.5 Å². The summed E-state index contributed by atoms with van der Waals surface area (Å²) in [6.45, 7) is -1.42. The molecular formula is C9H10F3NO2S. The lowest BCUT2D eigenvalue weighted by Gasteiger charge is -2.11. The summed E-state index contributed by atoms with van der Waals surface area (Å²) in [5.74, 6) is -0.106. The second-order valence-corrected chi connectivity index (χ2v) is 4.44. The van der Waals surface area contributed by atoms with E-state index in [0.29, 0.717) is 4.90 Å². The molecule has 7 heteroatoms. The van der Waals surface area contributed by atoms with Gasteiger partial charge in [0.15, 0.2) is 6.61 Å². The fourth-order valence-electron chi connectivity index (χ4n) is 0.978. The lowest BCUT2D eigenvalue weighted by atomic mass is 10.3. The smallest absolute Gasteiger partial charge is 0.422 e. The Bertz CT molecular complexity index is 406. The first kappa shape index (κ1) is 12.8. The van der Waals surface area contributed by atoms with Gasteiger partial charge in [0.2, 0.25) is 0 Å². The number of ether oxygens (including phenoxy) is 1. The van der Waals surface area contributed by atoms with Crippen LogP contribution in [0.1, 0.15) is 0 Å². The van der Waals surface area contributed by atoms with Crippen LogP contribution in [0.25, 0.3) is 0 Å². The summed E-state index contributed by atoms with van der Waals surface area (Å²) >= 11 is 0. The van der Waals surface area contributed by atoms with Crippen molar-refractivity contribution in [1.29, 1.82) is 0 Å². The number of benzene rings is 1. The zero-order valence-corrected chi connectivity index (χ0v) is 9.19. The highest BCUT2D eigenvalue weighted by atomic mass is 32.2. The first-order valence-electron chi connectivity index (χ1n) is 4.22. The van der Waals surface area contributed by atoms with E-state index in [1.54, 1.807) is 0 Å². The third-order valence-corrected chi connectivity index (χ3v) is 2.63. The summed E-state index contributed by atoms with van der Waals surface area (Å²) in [7, 11) is -1.29. The van der Waals surface area contributed by atoms with Crippen molar-refractivity contribution in [3.05, 3.63) is 18.2 Å². The monoisotopic (exact) mass is 253 g/mol. The fraction of sp³-hybridized carbons (Fsp3) is 0.333. The van der Waals surface area contributed by atoms with Crippen LogP contribution in [0.2, 0.25) is 0 Å². The van der Waals surface area contributed by atoms with Crippen LogP contribution in [0.4, 0.5) is 18.9 Å². The normalized spacial score (nSPS) is 13.5. The van der Waals surface area contributed by atoms with Crippen LogP contribution in [0.5, 0.6) is 5.75 Å². The predicted molar refractivity (Wildman–Crippen MR) is 54.7 cm³/mol. The van der Waals surface area contributed by atoms with Crippen LogP contribution < -0.4 is 10.5 Å². The van der Waals surface area contributed by atoms with Gasteiger partial charge in [0.25, 0.3) is 0 Å². The largest absolute Gasteiger partial charge is 0.482 e. The summed E-state index contributed by atoms with van der Waals surface area (Å²) in [6, 6.07) is 4.09. The van der Waals surface area contributed by atoms with E-state index in [1.807, 2.05) is 0 Å². The van der Waals surface area contributed by atoms with Gasteiger partial charge < -0.3 is 10.5 Å². The van der Waals surface area contributed by atoms with Crippen LogP contribution in [0.15, 0.2) is 23.1 Å². The van der Waals surface area contributed by atoms with E-state index in [-0.39, 0.29) is 11.4 Å². The Kier molecular flexibility index (Phi) is 3.79. The Hall–Kier alpha value is -1.24. The molecule has 1 rings (SSSR count). The Morgan fingerprint density at radius 1 is 1.44 bits per heavy atom. The number of hydrogen-bond acceptors (Lipinski definition) is 3. The molecule has 2 N–H and O–H groups in total. The average molecular weight is 253 g/mol. The highest BCUT2D eigenvalue weighted by Gasteiger charge is 2.28. The van der Waals surface area contributed by atoms with Gasteiger partial charge in [0.1, 0.15) is 5.75 Å². The third kappa shape index (κ3) is 3.73. The zero-order valence-electron chi connectivity index (χ0n) is 8.38. The van der Waals surface area contributed by atoms with Gasteiger partial charge in [-0.25, -0.2) is 0 Å². The van der Waals surface area contributed by atoms with Crippen molar-refractivity contribution in [3.8, 4) is 5.75 Å². The Morgan fingerprint density at radius 3 is 2.56 bits per heavy atom. The molecule has 1 aromatic carbocycles. The molecule has 0 bridgehead atoms. The van der Waals surface area contributed by atoms with E-state index in [2.05, 4.69) is 4.74 Å². The molecule has 90 valence electrons. The van der Waals surface area contributed by atoms with Crippen LogP contribution in [-0.4, -0.2) is 23.2 Å². The SMILES string of the molecule is CS(=O)c1ccc(N)c(OCC(F)(F)F)c1. The Balaban J connectivity index is 2.86. The first-order chi connectivity index (χ1) is 7.29. The number of rotatable bonds is 3. The lowest BCUT2D eigenvalue weighted by Crippen LogP contribution is -2.19. The molecule has 0 aliphatic carbocycles. The van der Waals surface area contributed by atoms with Gasteiger partial charge in [0, 0.05) is 22.0 Å². The van der Waals surface area contributed by atoms with Crippen molar-refractivity contribution in [1.82, 2.24) is 0 Å². The predicted octanol–water partition coefficient (Wildman–Crippen LogP) is 1.95. The molecule has 16 heavy (non-hydrogen) atoms. The van der Waals surface area contributed by atoms with Crippen LogP contribution in [0.3, 0.4) is 0 Å². The molecule has 1 aromatic rings. The number of nitrogens with two attached hydrogens (primary N) is 1. The second kappa shape index (κ2) is 4.73. The molecule has 0 aromatic heterocycles. The molecule has 0 aliphatic rings. The molecule has 0 saturated heterocycles. The molecule has 0 amide bonds. The molecular weight excluding hydrogens is 243 g/mol. The minimum Gasteiger partial charge on any atom is -0.482 e. The van der Waals surface area contributed by atoms with Crippen molar-refractivity contribution in [3.63, 3.8) is 0 Å². The maximum absolute atomic E-state index is 11.9. The van der Waals surface area contributed by atoms with Crippen LogP contribution in [0, 0.1) is 0 Å². The highest BCUT2D eigenvalue weighted by molar-refractivity contribution is 7.84. The van der Waals surface area contributed by atoms with Crippen molar-refractivity contribution in [2.75, 3.05) is 18.6 Å². The van der Waals surface area contributed by atoms with Crippen molar-refractivity contribution < 1.29 is 22.1 Å². The second-order valence-electron chi connectivity index (χ2n) is 3.06. The third-order valence-electron chi connectivity index (χ3n) is 1.71. The van der Waals surface area contributed by atoms with E-state index < -0.39 is 23.6 Å². The van der Waals surface area contributed by atoms with Gasteiger partial charge in [-0.2, -0.15) is 13.2 Å². The molecule has 0 radical (unpaired) electrons. The molecule has 1 unspecified atom stereocenters. The van der Waals surface area contributed by atoms with Gasteiger partial charge in [-0.15, -0.1) is 0 Å². The maximum Gasteiger partial charge on any atom is 0.422 e. The highest BCUT2D eigenvalue weighted by Crippen LogP contribution is 2.26. The molecule has 0 spiro atoms. The molecule has 0 aliphatic heterocycles. The van der Waals surface area contributed by atoms with Crippen LogP contribution in [-0.2, 0) is 10.8 Å². The number of alkyl halides is 3.